The Morgan fingerprint density at radius 1 is 1.26 bits per heavy atom. The molecule has 0 aliphatic carbocycles. The van der Waals surface area contributed by atoms with Gasteiger partial charge in [-0.2, -0.15) is 0 Å². The summed E-state index contributed by atoms with van der Waals surface area (Å²) in [5.74, 6) is 0.780. The number of likely N-dealkylation sites (tertiary alicyclic amines) is 1. The summed E-state index contributed by atoms with van der Waals surface area (Å²) in [5, 5.41) is 6.03. The maximum absolute atomic E-state index is 13.0. The molecule has 1 aromatic heterocycles. The number of nitrogens with one attached hydrogen (secondary N) is 2. The van der Waals surface area contributed by atoms with Gasteiger partial charge in [-0.1, -0.05) is 6.58 Å². The Hall–Kier alpha value is -3.82. The van der Waals surface area contributed by atoms with Crippen LogP contribution in [-0.4, -0.2) is 60.0 Å². The quantitative estimate of drug-likeness (QED) is 0.572. The SMILES string of the molecule is C=CC(=O)N1CCC[C@@H](Nc2ncnc(N)c2C(=O)Nc2ccc(OC)c(OC)c2)C1. The lowest BCUT2D eigenvalue weighted by atomic mass is 10.1. The van der Waals surface area contributed by atoms with Crippen LogP contribution in [0.5, 0.6) is 11.5 Å². The zero-order valence-corrected chi connectivity index (χ0v) is 17.6. The first-order valence-corrected chi connectivity index (χ1v) is 9.78. The van der Waals surface area contributed by atoms with Crippen molar-refractivity contribution in [2.45, 2.75) is 18.9 Å². The number of methoxy groups -OCH3 is 2. The minimum atomic E-state index is -0.470. The molecule has 1 aliphatic heterocycles. The molecule has 1 aliphatic rings. The normalized spacial score (nSPS) is 15.7. The summed E-state index contributed by atoms with van der Waals surface area (Å²) in [5.41, 5.74) is 6.63. The maximum atomic E-state index is 13.0. The van der Waals surface area contributed by atoms with Crippen molar-refractivity contribution in [2.75, 3.05) is 43.7 Å². The van der Waals surface area contributed by atoms with Crippen LogP contribution in [0, 0.1) is 0 Å². The highest BCUT2D eigenvalue weighted by Crippen LogP contribution is 2.30. The van der Waals surface area contributed by atoms with E-state index in [0.29, 0.717) is 36.1 Å². The van der Waals surface area contributed by atoms with Gasteiger partial charge in [-0.15, -0.1) is 0 Å². The third-order valence-electron chi connectivity index (χ3n) is 4.99. The number of anilines is 3. The Bertz CT molecular complexity index is 980. The Labute approximate surface area is 180 Å². The molecule has 2 heterocycles. The van der Waals surface area contributed by atoms with Crippen LogP contribution < -0.4 is 25.8 Å². The van der Waals surface area contributed by atoms with Gasteiger partial charge in [-0.3, -0.25) is 9.59 Å². The highest BCUT2D eigenvalue weighted by molar-refractivity contribution is 6.10. The molecule has 4 N–H and O–H groups in total. The van der Waals surface area contributed by atoms with Gasteiger partial charge in [-0.25, -0.2) is 9.97 Å². The van der Waals surface area contributed by atoms with E-state index in [2.05, 4.69) is 27.2 Å². The average Bonchev–Trinajstić information content (AvgIpc) is 2.78. The van der Waals surface area contributed by atoms with Gasteiger partial charge in [0.2, 0.25) is 5.91 Å². The second-order valence-electron chi connectivity index (χ2n) is 6.98. The van der Waals surface area contributed by atoms with Crippen LogP contribution in [0.4, 0.5) is 17.3 Å². The van der Waals surface area contributed by atoms with Gasteiger partial charge in [0.1, 0.15) is 23.5 Å². The largest absolute Gasteiger partial charge is 0.493 e. The number of rotatable bonds is 7. The fourth-order valence-corrected chi connectivity index (χ4v) is 3.46. The predicted molar refractivity (Wildman–Crippen MR) is 117 cm³/mol. The summed E-state index contributed by atoms with van der Waals surface area (Å²) in [7, 11) is 3.05. The first kappa shape index (κ1) is 21.9. The van der Waals surface area contributed by atoms with Gasteiger partial charge < -0.3 is 30.7 Å². The van der Waals surface area contributed by atoms with Crippen molar-refractivity contribution in [1.29, 1.82) is 0 Å². The fourth-order valence-electron chi connectivity index (χ4n) is 3.46. The molecular formula is C21H26N6O4. The monoisotopic (exact) mass is 426 g/mol. The van der Waals surface area contributed by atoms with E-state index in [1.807, 2.05) is 0 Å². The van der Waals surface area contributed by atoms with Gasteiger partial charge in [0, 0.05) is 30.9 Å². The number of amides is 2. The van der Waals surface area contributed by atoms with E-state index >= 15 is 0 Å². The van der Waals surface area contributed by atoms with Gasteiger partial charge in [0.15, 0.2) is 11.5 Å². The van der Waals surface area contributed by atoms with Gasteiger partial charge in [0.05, 0.1) is 14.2 Å². The van der Waals surface area contributed by atoms with Crippen molar-refractivity contribution in [1.82, 2.24) is 14.9 Å². The van der Waals surface area contributed by atoms with Crippen LogP contribution in [-0.2, 0) is 4.79 Å². The molecule has 2 aromatic rings. The van der Waals surface area contributed by atoms with E-state index in [1.165, 1.54) is 26.6 Å². The Balaban J connectivity index is 1.80. The van der Waals surface area contributed by atoms with E-state index in [1.54, 1.807) is 23.1 Å². The van der Waals surface area contributed by atoms with E-state index in [0.717, 1.165) is 12.8 Å². The Morgan fingerprint density at radius 2 is 2.03 bits per heavy atom. The van der Waals surface area contributed by atoms with Crippen LogP contribution in [0.25, 0.3) is 0 Å². The molecule has 0 unspecified atom stereocenters. The summed E-state index contributed by atoms with van der Waals surface area (Å²) in [6.45, 7) is 4.68. The van der Waals surface area contributed by atoms with E-state index < -0.39 is 5.91 Å². The summed E-state index contributed by atoms with van der Waals surface area (Å²) < 4.78 is 10.5. The van der Waals surface area contributed by atoms with Crippen LogP contribution in [0.2, 0.25) is 0 Å². The van der Waals surface area contributed by atoms with Crippen molar-refractivity contribution >= 4 is 29.1 Å². The number of ether oxygens (including phenoxy) is 2. The number of nitrogens with two attached hydrogens (primary N) is 1. The van der Waals surface area contributed by atoms with Crippen LogP contribution in [0.3, 0.4) is 0 Å². The van der Waals surface area contributed by atoms with E-state index in [4.69, 9.17) is 15.2 Å². The number of carbonyl (C=O) groups excluding carboxylic acids is 2. The number of aromatic nitrogens is 2. The molecule has 31 heavy (non-hydrogen) atoms. The number of piperidine rings is 1. The number of carbonyl (C=O) groups is 2. The zero-order valence-electron chi connectivity index (χ0n) is 17.6. The molecule has 3 rings (SSSR count). The highest BCUT2D eigenvalue weighted by Gasteiger charge is 2.25. The molecule has 164 valence electrons. The molecule has 0 spiro atoms. The minimum absolute atomic E-state index is 0.0466. The summed E-state index contributed by atoms with van der Waals surface area (Å²) in [6.07, 6.45) is 4.24. The minimum Gasteiger partial charge on any atom is -0.493 e. The number of hydrogen-bond donors (Lipinski definition) is 3. The highest BCUT2D eigenvalue weighted by atomic mass is 16.5. The van der Waals surface area contributed by atoms with E-state index in [-0.39, 0.29) is 23.3 Å². The molecule has 0 bridgehead atoms. The van der Waals surface area contributed by atoms with Crippen LogP contribution in [0.1, 0.15) is 23.2 Å². The Kier molecular flexibility index (Phi) is 6.91. The smallest absolute Gasteiger partial charge is 0.263 e. The number of benzene rings is 1. The fraction of sp³-hybridized carbons (Fsp3) is 0.333. The first-order valence-electron chi connectivity index (χ1n) is 9.78. The molecule has 1 fully saturated rings. The van der Waals surface area contributed by atoms with Gasteiger partial charge in [0.25, 0.3) is 5.91 Å². The summed E-state index contributed by atoms with van der Waals surface area (Å²) in [6, 6.07) is 4.93. The van der Waals surface area contributed by atoms with Crippen molar-refractivity contribution in [3.63, 3.8) is 0 Å². The summed E-state index contributed by atoms with van der Waals surface area (Å²) in [4.78, 5) is 34.8. The van der Waals surface area contributed by atoms with Gasteiger partial charge in [-0.05, 0) is 31.1 Å². The third kappa shape index (κ3) is 5.03. The lowest BCUT2D eigenvalue weighted by molar-refractivity contribution is -0.127. The maximum Gasteiger partial charge on any atom is 0.263 e. The Morgan fingerprint density at radius 3 is 2.74 bits per heavy atom. The van der Waals surface area contributed by atoms with Gasteiger partial charge >= 0.3 is 0 Å². The lowest BCUT2D eigenvalue weighted by Crippen LogP contribution is -2.44. The first-order chi connectivity index (χ1) is 15.0. The molecule has 2 amide bonds. The predicted octanol–water partition coefficient (Wildman–Crippen LogP) is 1.92. The second kappa shape index (κ2) is 9.79. The summed E-state index contributed by atoms with van der Waals surface area (Å²) >= 11 is 0. The topological polar surface area (TPSA) is 132 Å². The molecule has 1 saturated heterocycles. The third-order valence-corrected chi connectivity index (χ3v) is 4.99. The molecule has 0 saturated carbocycles. The van der Waals surface area contributed by atoms with Crippen molar-refractivity contribution < 1.29 is 19.1 Å². The zero-order chi connectivity index (χ0) is 22.4. The van der Waals surface area contributed by atoms with Crippen molar-refractivity contribution in [3.8, 4) is 11.5 Å². The lowest BCUT2D eigenvalue weighted by Gasteiger charge is -2.33. The van der Waals surface area contributed by atoms with Crippen molar-refractivity contribution in [2.24, 2.45) is 0 Å². The molecular weight excluding hydrogens is 400 g/mol. The number of hydrogen-bond acceptors (Lipinski definition) is 8. The molecule has 10 heteroatoms. The molecule has 1 atom stereocenters. The second-order valence-corrected chi connectivity index (χ2v) is 6.98. The number of nitrogen functional groups attached to an aromatic ring is 1. The van der Waals surface area contributed by atoms with Crippen LogP contribution >= 0.6 is 0 Å². The average molecular weight is 426 g/mol. The molecule has 0 radical (unpaired) electrons. The standard InChI is InChI=1S/C21H26N6O4/c1-4-17(28)27-9-5-6-14(11-27)25-20-18(19(22)23-12-24-20)21(29)26-13-7-8-15(30-2)16(10-13)31-3/h4,7-8,10,12,14H,1,5-6,9,11H2,2-3H3,(H,26,29)(H3,22,23,24,25)/t14-/m1/s1. The van der Waals surface area contributed by atoms with E-state index in [9.17, 15) is 9.59 Å². The number of nitrogens with zero attached hydrogens (tertiary/aromatic N) is 3. The molecule has 10 nitrogen and oxygen atoms in total. The van der Waals surface area contributed by atoms with Crippen molar-refractivity contribution in [3.05, 3.63) is 42.7 Å². The molecule has 1 aromatic carbocycles. The van der Waals surface area contributed by atoms with Crippen LogP contribution in [0.15, 0.2) is 37.2 Å².